The maximum Gasteiger partial charge on any atom is 0.267 e. The molecule has 0 bridgehead atoms. The molecule has 37 heavy (non-hydrogen) atoms. The van der Waals surface area contributed by atoms with Gasteiger partial charge in [0.1, 0.15) is 4.83 Å². The zero-order valence-electron chi connectivity index (χ0n) is 21.1. The first-order chi connectivity index (χ1) is 17.8. The highest BCUT2D eigenvalue weighted by Crippen LogP contribution is 2.38. The summed E-state index contributed by atoms with van der Waals surface area (Å²) in [6.07, 6.45) is 3.82. The standard InChI is InChI=1S/C29H28ClN3O2S2/c1-16-8-11-21-24(12-16)37-27-26(21)28(35)33(20-10-9-17(2)22(30)14-20)29(31-27)36-15-25(34)32-18(3)13-19-6-4-5-7-23(19)32/h4-7,9-10,14,16,18H,8,11-13,15H2,1-3H3/t16-,18-/m1/s1. The van der Waals surface area contributed by atoms with Gasteiger partial charge in [0, 0.05) is 21.6 Å². The Balaban J connectivity index is 1.42. The van der Waals surface area contributed by atoms with E-state index in [2.05, 4.69) is 19.9 Å². The monoisotopic (exact) mass is 549 g/mol. The number of benzene rings is 2. The van der Waals surface area contributed by atoms with Crippen LogP contribution in [0.4, 0.5) is 5.69 Å². The molecule has 0 saturated carbocycles. The number of carbonyl (C=O) groups is 1. The molecule has 1 aliphatic carbocycles. The fraction of sp³-hybridized carbons (Fsp3) is 0.345. The smallest absolute Gasteiger partial charge is 0.267 e. The van der Waals surface area contributed by atoms with Gasteiger partial charge in [0.2, 0.25) is 5.91 Å². The number of fused-ring (bicyclic) bond motifs is 4. The first-order valence-electron chi connectivity index (χ1n) is 12.7. The number of rotatable bonds is 4. The molecular weight excluding hydrogens is 522 g/mol. The molecule has 0 saturated heterocycles. The molecule has 2 atom stereocenters. The Kier molecular flexibility index (Phi) is 6.42. The Morgan fingerprint density at radius 1 is 1.19 bits per heavy atom. The van der Waals surface area contributed by atoms with Crippen molar-refractivity contribution in [3.63, 3.8) is 0 Å². The molecule has 6 rings (SSSR count). The van der Waals surface area contributed by atoms with Crippen LogP contribution in [0.3, 0.4) is 0 Å². The van der Waals surface area contributed by atoms with Gasteiger partial charge in [-0.15, -0.1) is 11.3 Å². The van der Waals surface area contributed by atoms with Gasteiger partial charge in [0.25, 0.3) is 5.56 Å². The highest BCUT2D eigenvalue weighted by Gasteiger charge is 2.31. The summed E-state index contributed by atoms with van der Waals surface area (Å²) in [6, 6.07) is 13.8. The van der Waals surface area contributed by atoms with E-state index in [1.165, 1.54) is 22.2 Å². The molecule has 5 nitrogen and oxygen atoms in total. The van der Waals surface area contributed by atoms with E-state index in [9.17, 15) is 9.59 Å². The molecular formula is C29H28ClN3O2S2. The van der Waals surface area contributed by atoms with Crippen molar-refractivity contribution in [2.45, 2.75) is 57.7 Å². The van der Waals surface area contributed by atoms with Gasteiger partial charge in [-0.25, -0.2) is 4.98 Å². The van der Waals surface area contributed by atoms with Crippen molar-refractivity contribution in [1.82, 2.24) is 9.55 Å². The van der Waals surface area contributed by atoms with Crippen LogP contribution in [-0.2, 0) is 24.1 Å². The number of aromatic nitrogens is 2. The SMILES string of the molecule is Cc1ccc(-n2c(SCC(=O)N3c4ccccc4C[C@H]3C)nc3sc4c(c3c2=O)CC[C@@H](C)C4)cc1Cl. The predicted octanol–water partition coefficient (Wildman–Crippen LogP) is 6.60. The van der Waals surface area contributed by atoms with Crippen LogP contribution in [0.1, 0.15) is 41.8 Å². The van der Waals surface area contributed by atoms with Crippen molar-refractivity contribution in [3.05, 3.63) is 79.4 Å². The number of hydrogen-bond donors (Lipinski definition) is 0. The van der Waals surface area contributed by atoms with Crippen molar-refractivity contribution in [1.29, 1.82) is 0 Å². The van der Waals surface area contributed by atoms with Crippen molar-refractivity contribution >= 4 is 56.5 Å². The first-order valence-corrected chi connectivity index (χ1v) is 14.9. The minimum Gasteiger partial charge on any atom is -0.308 e. The summed E-state index contributed by atoms with van der Waals surface area (Å²) in [5.74, 6) is 0.818. The molecule has 2 aliphatic rings. The van der Waals surface area contributed by atoms with Crippen LogP contribution in [0.15, 0.2) is 52.4 Å². The molecule has 190 valence electrons. The maximum atomic E-state index is 14.1. The van der Waals surface area contributed by atoms with Gasteiger partial charge >= 0.3 is 0 Å². The number of thioether (sulfide) groups is 1. The van der Waals surface area contributed by atoms with Gasteiger partial charge in [-0.3, -0.25) is 14.2 Å². The fourth-order valence-electron chi connectivity index (χ4n) is 5.56. The van der Waals surface area contributed by atoms with Crippen LogP contribution in [0, 0.1) is 12.8 Å². The second-order valence-electron chi connectivity index (χ2n) is 10.2. The topological polar surface area (TPSA) is 55.2 Å². The zero-order valence-corrected chi connectivity index (χ0v) is 23.5. The quantitative estimate of drug-likeness (QED) is 0.212. The highest BCUT2D eigenvalue weighted by molar-refractivity contribution is 7.99. The van der Waals surface area contributed by atoms with Gasteiger partial charge in [-0.1, -0.05) is 54.6 Å². The molecule has 1 aliphatic heterocycles. The van der Waals surface area contributed by atoms with Gasteiger partial charge in [0.15, 0.2) is 5.16 Å². The summed E-state index contributed by atoms with van der Waals surface area (Å²) in [4.78, 5) is 36.4. The van der Waals surface area contributed by atoms with E-state index < -0.39 is 0 Å². The normalized spacial score (nSPS) is 18.8. The first kappa shape index (κ1) is 24.7. The second kappa shape index (κ2) is 9.61. The van der Waals surface area contributed by atoms with Crippen LogP contribution in [-0.4, -0.2) is 27.3 Å². The Labute approximate surface area is 229 Å². The summed E-state index contributed by atoms with van der Waals surface area (Å²) in [5.41, 5.74) is 4.86. The lowest BCUT2D eigenvalue weighted by molar-refractivity contribution is -0.116. The molecule has 3 heterocycles. The average molecular weight is 550 g/mol. The fourth-order valence-corrected chi connectivity index (χ4v) is 8.03. The Morgan fingerprint density at radius 3 is 2.81 bits per heavy atom. The third kappa shape index (κ3) is 4.31. The van der Waals surface area contributed by atoms with Gasteiger partial charge < -0.3 is 4.90 Å². The molecule has 0 spiro atoms. The van der Waals surface area contributed by atoms with Gasteiger partial charge in [-0.05, 0) is 80.3 Å². The highest BCUT2D eigenvalue weighted by atomic mass is 35.5. The number of aryl methyl sites for hydroxylation is 2. The van der Waals surface area contributed by atoms with Crippen LogP contribution in [0.25, 0.3) is 15.9 Å². The lowest BCUT2D eigenvalue weighted by atomic mass is 9.89. The van der Waals surface area contributed by atoms with Crippen LogP contribution >= 0.6 is 34.7 Å². The summed E-state index contributed by atoms with van der Waals surface area (Å²) >= 11 is 9.43. The van der Waals surface area contributed by atoms with Gasteiger partial charge in [0.05, 0.1) is 16.8 Å². The number of nitrogens with zero attached hydrogens (tertiary/aromatic N) is 3. The van der Waals surface area contributed by atoms with Crippen molar-refractivity contribution in [3.8, 4) is 5.69 Å². The predicted molar refractivity (Wildman–Crippen MR) is 154 cm³/mol. The third-order valence-electron chi connectivity index (χ3n) is 7.51. The van der Waals surface area contributed by atoms with Crippen molar-refractivity contribution in [2.24, 2.45) is 5.92 Å². The molecule has 2 aromatic heterocycles. The summed E-state index contributed by atoms with van der Waals surface area (Å²) in [7, 11) is 0. The summed E-state index contributed by atoms with van der Waals surface area (Å²) in [5, 5.41) is 1.85. The van der Waals surface area contributed by atoms with E-state index in [1.807, 2.05) is 48.2 Å². The molecule has 2 aromatic carbocycles. The molecule has 8 heteroatoms. The molecule has 0 fully saturated rings. The number of halogens is 1. The number of carbonyl (C=O) groups excluding carboxylic acids is 1. The number of hydrogen-bond acceptors (Lipinski definition) is 5. The van der Waals surface area contributed by atoms with Crippen LogP contribution in [0.5, 0.6) is 0 Å². The summed E-state index contributed by atoms with van der Waals surface area (Å²) < 4.78 is 1.65. The minimum atomic E-state index is -0.0770. The van der Waals surface area contributed by atoms with E-state index in [0.717, 1.165) is 52.7 Å². The van der Waals surface area contributed by atoms with Crippen molar-refractivity contribution in [2.75, 3.05) is 10.7 Å². The largest absolute Gasteiger partial charge is 0.308 e. The number of anilines is 1. The molecule has 0 unspecified atom stereocenters. The van der Waals surface area contributed by atoms with E-state index >= 15 is 0 Å². The number of para-hydroxylation sites is 1. The van der Waals surface area contributed by atoms with E-state index in [4.69, 9.17) is 16.6 Å². The minimum absolute atomic E-state index is 0.0181. The lowest BCUT2D eigenvalue weighted by Gasteiger charge is -2.23. The summed E-state index contributed by atoms with van der Waals surface area (Å²) in [6.45, 7) is 6.28. The maximum absolute atomic E-state index is 14.1. The Hall–Kier alpha value is -2.61. The lowest BCUT2D eigenvalue weighted by Crippen LogP contribution is -2.37. The molecule has 0 radical (unpaired) electrons. The Morgan fingerprint density at radius 2 is 2.00 bits per heavy atom. The zero-order chi connectivity index (χ0) is 25.8. The number of thiophene rings is 1. The Bertz CT molecular complexity index is 1610. The van der Waals surface area contributed by atoms with Crippen LogP contribution < -0.4 is 10.5 Å². The van der Waals surface area contributed by atoms with Crippen molar-refractivity contribution < 1.29 is 4.79 Å². The molecule has 0 N–H and O–H groups in total. The third-order valence-corrected chi connectivity index (χ3v) is 9.99. The van der Waals surface area contributed by atoms with Crippen LogP contribution in [0.2, 0.25) is 5.02 Å². The van der Waals surface area contributed by atoms with E-state index in [-0.39, 0.29) is 23.3 Å². The molecule has 1 amide bonds. The second-order valence-corrected chi connectivity index (χ2v) is 12.7. The molecule has 4 aromatic rings. The van der Waals surface area contributed by atoms with E-state index in [1.54, 1.807) is 15.9 Å². The van der Waals surface area contributed by atoms with Gasteiger partial charge in [-0.2, -0.15) is 0 Å². The van der Waals surface area contributed by atoms with E-state index in [0.29, 0.717) is 21.8 Å². The number of amides is 1. The average Bonchev–Trinajstić information content (AvgIpc) is 3.40.